The molecule has 1 aromatic heterocycles. The van der Waals surface area contributed by atoms with Gasteiger partial charge in [-0.1, -0.05) is 41.1 Å². The van der Waals surface area contributed by atoms with Crippen LogP contribution in [0, 0.1) is 0 Å². The quantitative estimate of drug-likeness (QED) is 0.766. The zero-order chi connectivity index (χ0) is 10.7. The van der Waals surface area contributed by atoms with Gasteiger partial charge in [0.1, 0.15) is 5.01 Å². The largest absolute Gasteiger partial charge is 0.240 e. The minimum Gasteiger partial charge on any atom is -0.240 e. The van der Waals surface area contributed by atoms with Gasteiger partial charge in [-0.15, -0.1) is 11.3 Å². The molecule has 0 amide bonds. The first-order valence-corrected chi connectivity index (χ1v) is 6.93. The molecule has 0 bridgehead atoms. The molecule has 0 saturated heterocycles. The molecule has 0 aliphatic heterocycles. The smallest absolute Gasteiger partial charge is 0.123 e. The fraction of sp³-hybridized carbons (Fsp3) is 0.250. The lowest BCUT2D eigenvalue weighted by molar-refractivity contribution is 1.14. The first kappa shape index (κ1) is 10.8. The minimum atomic E-state index is 0.830. The summed E-state index contributed by atoms with van der Waals surface area (Å²) in [5, 5.41) is 4.04. The van der Waals surface area contributed by atoms with E-state index in [2.05, 4.69) is 57.5 Å². The second kappa shape index (κ2) is 4.90. The van der Waals surface area contributed by atoms with E-state index in [0.29, 0.717) is 0 Å². The van der Waals surface area contributed by atoms with Crippen LogP contribution >= 0.6 is 27.3 Å². The molecule has 0 unspecified atom stereocenters. The third kappa shape index (κ3) is 2.47. The van der Waals surface area contributed by atoms with Crippen LogP contribution in [0.4, 0.5) is 0 Å². The number of thiazole rings is 1. The Balaban J connectivity index is 2.35. The number of hydrogen-bond acceptors (Lipinski definition) is 2. The Bertz CT molecular complexity index is 450. The Labute approximate surface area is 102 Å². The fourth-order valence-corrected chi connectivity index (χ4v) is 2.74. The molecule has 0 aliphatic carbocycles. The summed E-state index contributed by atoms with van der Waals surface area (Å²) in [7, 11) is 0. The van der Waals surface area contributed by atoms with Crippen molar-refractivity contribution < 1.29 is 0 Å². The first-order valence-electron chi connectivity index (χ1n) is 4.93. The van der Waals surface area contributed by atoms with Crippen molar-refractivity contribution in [1.29, 1.82) is 0 Å². The Kier molecular flexibility index (Phi) is 3.54. The monoisotopic (exact) mass is 281 g/mol. The molecule has 15 heavy (non-hydrogen) atoms. The molecule has 0 fully saturated rings. The zero-order valence-electron chi connectivity index (χ0n) is 8.53. The molecular formula is C12H12BrNS. The molecule has 1 nitrogen and oxygen atoms in total. The van der Waals surface area contributed by atoms with Crippen molar-refractivity contribution in [2.24, 2.45) is 0 Å². The van der Waals surface area contributed by atoms with E-state index in [9.17, 15) is 0 Å². The molecule has 0 aliphatic rings. The molecule has 2 rings (SSSR count). The van der Waals surface area contributed by atoms with Crippen LogP contribution in [0.1, 0.15) is 18.2 Å². The van der Waals surface area contributed by atoms with Crippen LogP contribution < -0.4 is 0 Å². The number of alkyl halides is 1. The average Bonchev–Trinajstić information content (AvgIpc) is 2.78. The second-order valence-corrected chi connectivity index (χ2v) is 4.75. The van der Waals surface area contributed by atoms with Gasteiger partial charge in [-0.3, -0.25) is 0 Å². The number of halogens is 1. The highest BCUT2D eigenvalue weighted by molar-refractivity contribution is 9.08. The molecule has 1 aromatic carbocycles. The van der Waals surface area contributed by atoms with Gasteiger partial charge in [0.05, 0.1) is 5.69 Å². The van der Waals surface area contributed by atoms with E-state index in [1.807, 2.05) is 0 Å². The second-order valence-electron chi connectivity index (χ2n) is 3.33. The zero-order valence-corrected chi connectivity index (χ0v) is 10.9. The van der Waals surface area contributed by atoms with Crippen LogP contribution in [0.2, 0.25) is 0 Å². The van der Waals surface area contributed by atoms with E-state index in [1.54, 1.807) is 11.3 Å². The maximum absolute atomic E-state index is 4.55. The predicted molar refractivity (Wildman–Crippen MR) is 69.6 cm³/mol. The molecular weight excluding hydrogens is 270 g/mol. The lowest BCUT2D eigenvalue weighted by Gasteiger charge is -1.99. The molecule has 0 atom stereocenters. The van der Waals surface area contributed by atoms with Crippen molar-refractivity contribution in [3.63, 3.8) is 0 Å². The van der Waals surface area contributed by atoms with Gasteiger partial charge in [0, 0.05) is 16.3 Å². The van der Waals surface area contributed by atoms with Crippen LogP contribution in [0.25, 0.3) is 10.6 Å². The van der Waals surface area contributed by atoms with Gasteiger partial charge in [-0.25, -0.2) is 4.98 Å². The lowest BCUT2D eigenvalue weighted by Crippen LogP contribution is -1.82. The molecule has 3 heteroatoms. The number of aryl methyl sites for hydroxylation is 1. The lowest BCUT2D eigenvalue weighted by atomic mass is 10.1. The van der Waals surface area contributed by atoms with Gasteiger partial charge in [0.2, 0.25) is 0 Å². The molecule has 78 valence electrons. The van der Waals surface area contributed by atoms with Crippen LogP contribution in [-0.2, 0) is 11.8 Å². The fourth-order valence-electron chi connectivity index (χ4n) is 1.43. The highest BCUT2D eigenvalue weighted by atomic mass is 79.9. The van der Waals surface area contributed by atoms with Gasteiger partial charge in [0.15, 0.2) is 0 Å². The SMILES string of the molecule is CCc1cccc(-c2nc(CBr)cs2)c1. The normalized spacial score (nSPS) is 10.5. The predicted octanol–water partition coefficient (Wildman–Crippen LogP) is 4.27. The van der Waals surface area contributed by atoms with Gasteiger partial charge in [0.25, 0.3) is 0 Å². The van der Waals surface area contributed by atoms with Gasteiger partial charge >= 0.3 is 0 Å². The standard InChI is InChI=1S/C12H12BrNS/c1-2-9-4-3-5-10(6-9)12-14-11(7-13)8-15-12/h3-6,8H,2,7H2,1H3. The third-order valence-electron chi connectivity index (χ3n) is 2.27. The van der Waals surface area contributed by atoms with E-state index in [-0.39, 0.29) is 0 Å². The summed E-state index contributed by atoms with van der Waals surface area (Å²) in [5.41, 5.74) is 3.70. The van der Waals surface area contributed by atoms with Crippen LogP contribution in [0.15, 0.2) is 29.6 Å². The molecule has 0 radical (unpaired) electrons. The van der Waals surface area contributed by atoms with Crippen molar-refractivity contribution in [2.45, 2.75) is 18.7 Å². The van der Waals surface area contributed by atoms with E-state index in [0.717, 1.165) is 22.5 Å². The number of nitrogens with zero attached hydrogens (tertiary/aromatic N) is 1. The van der Waals surface area contributed by atoms with E-state index in [1.165, 1.54) is 11.1 Å². The highest BCUT2D eigenvalue weighted by Gasteiger charge is 2.03. The number of aromatic nitrogens is 1. The van der Waals surface area contributed by atoms with Crippen molar-refractivity contribution in [3.8, 4) is 10.6 Å². The van der Waals surface area contributed by atoms with Crippen molar-refractivity contribution in [1.82, 2.24) is 4.98 Å². The maximum Gasteiger partial charge on any atom is 0.123 e. The van der Waals surface area contributed by atoms with E-state index >= 15 is 0 Å². The summed E-state index contributed by atoms with van der Waals surface area (Å²) in [6, 6.07) is 8.60. The maximum atomic E-state index is 4.55. The highest BCUT2D eigenvalue weighted by Crippen LogP contribution is 2.25. The van der Waals surface area contributed by atoms with Crippen LogP contribution in [0.3, 0.4) is 0 Å². The van der Waals surface area contributed by atoms with Crippen LogP contribution in [0.5, 0.6) is 0 Å². The summed E-state index contributed by atoms with van der Waals surface area (Å²) in [4.78, 5) is 4.55. The Morgan fingerprint density at radius 1 is 1.40 bits per heavy atom. The third-order valence-corrected chi connectivity index (χ3v) is 3.79. The van der Waals surface area contributed by atoms with Crippen molar-refractivity contribution in [2.75, 3.05) is 0 Å². The van der Waals surface area contributed by atoms with Crippen molar-refractivity contribution in [3.05, 3.63) is 40.9 Å². The topological polar surface area (TPSA) is 12.9 Å². The molecule has 0 spiro atoms. The molecule has 0 N–H and O–H groups in total. The Hall–Kier alpha value is -0.670. The van der Waals surface area contributed by atoms with Gasteiger partial charge < -0.3 is 0 Å². The summed E-state index contributed by atoms with van der Waals surface area (Å²) >= 11 is 5.12. The van der Waals surface area contributed by atoms with Gasteiger partial charge in [-0.05, 0) is 18.1 Å². The number of benzene rings is 1. The van der Waals surface area contributed by atoms with E-state index < -0.39 is 0 Å². The average molecular weight is 282 g/mol. The van der Waals surface area contributed by atoms with E-state index in [4.69, 9.17) is 0 Å². The molecule has 1 heterocycles. The summed E-state index contributed by atoms with van der Waals surface area (Å²) < 4.78 is 0. The minimum absolute atomic E-state index is 0.830. The summed E-state index contributed by atoms with van der Waals surface area (Å²) in [5.74, 6) is 0. The summed E-state index contributed by atoms with van der Waals surface area (Å²) in [6.45, 7) is 2.17. The number of hydrogen-bond donors (Lipinski definition) is 0. The Morgan fingerprint density at radius 3 is 2.93 bits per heavy atom. The van der Waals surface area contributed by atoms with Crippen molar-refractivity contribution >= 4 is 27.3 Å². The molecule has 0 saturated carbocycles. The molecule has 2 aromatic rings. The Morgan fingerprint density at radius 2 is 2.27 bits per heavy atom. The van der Waals surface area contributed by atoms with Gasteiger partial charge in [-0.2, -0.15) is 0 Å². The first-order chi connectivity index (χ1) is 7.33. The number of rotatable bonds is 3. The van der Waals surface area contributed by atoms with Crippen LogP contribution in [-0.4, -0.2) is 4.98 Å². The summed E-state index contributed by atoms with van der Waals surface area (Å²) in [6.07, 6.45) is 1.07.